The van der Waals surface area contributed by atoms with E-state index in [1.165, 1.54) is 0 Å². The van der Waals surface area contributed by atoms with E-state index in [0.29, 0.717) is 17.4 Å². The molecule has 1 unspecified atom stereocenters. The molecule has 0 aromatic heterocycles. The molecule has 0 bridgehead atoms. The van der Waals surface area contributed by atoms with E-state index < -0.39 is 11.0 Å². The van der Waals surface area contributed by atoms with Crippen LogP contribution in [0.4, 0.5) is 0 Å². The smallest absolute Gasteiger partial charge is 0.231 e. The molecule has 4 heteroatoms. The molecule has 0 amide bonds. The molecule has 0 saturated carbocycles. The molecule has 0 fully saturated rings. The Hall–Kier alpha value is -1.42. The molecular weight excluding hydrogens is 198 g/mol. The molecule has 0 N–H and O–H groups in total. The lowest BCUT2D eigenvalue weighted by Crippen LogP contribution is -2.03. The highest BCUT2D eigenvalue weighted by Gasteiger charge is 2.22. The van der Waals surface area contributed by atoms with Gasteiger partial charge in [-0.2, -0.15) is 0 Å². The molecule has 1 atom stereocenters. The van der Waals surface area contributed by atoms with Crippen molar-refractivity contribution in [1.29, 1.82) is 0 Å². The van der Waals surface area contributed by atoms with Gasteiger partial charge >= 0.3 is 0 Å². The van der Waals surface area contributed by atoms with Crippen molar-refractivity contribution in [1.82, 2.24) is 0 Å². The van der Waals surface area contributed by atoms with Crippen molar-refractivity contribution in [3.63, 3.8) is 0 Å². The van der Waals surface area contributed by atoms with E-state index >= 15 is 0 Å². The zero-order valence-corrected chi connectivity index (χ0v) is 8.29. The molecule has 1 aliphatic rings. The van der Waals surface area contributed by atoms with E-state index in [4.69, 9.17) is 4.74 Å². The highest BCUT2D eigenvalue weighted by atomic mass is 32.2. The number of nitrogens with zero attached hydrogens (tertiary/aromatic N) is 1. The molecule has 1 aliphatic heterocycles. The predicted molar refractivity (Wildman–Crippen MR) is 55.5 cm³/mol. The molecule has 0 radical (unpaired) electrons. The second-order valence-electron chi connectivity index (χ2n) is 2.74. The van der Waals surface area contributed by atoms with Crippen LogP contribution in [0.25, 0.3) is 0 Å². The van der Waals surface area contributed by atoms with Crippen LogP contribution >= 0.6 is 0 Å². The average Bonchev–Trinajstić information content (AvgIpc) is 2.54. The molecule has 72 valence electrons. The minimum Gasteiger partial charge on any atom is -0.473 e. The number of hydrogen-bond acceptors (Lipinski definition) is 2. The number of benzene rings is 1. The summed E-state index contributed by atoms with van der Waals surface area (Å²) in [7, 11) is -1.30. The van der Waals surface area contributed by atoms with Crippen LogP contribution < -0.4 is 0 Å². The van der Waals surface area contributed by atoms with Gasteiger partial charge in [0.15, 0.2) is 11.0 Å². The first-order valence-corrected chi connectivity index (χ1v) is 5.27. The summed E-state index contributed by atoms with van der Waals surface area (Å²) >= 11 is 0. The monoisotopic (exact) mass is 207 g/mol. The van der Waals surface area contributed by atoms with Gasteiger partial charge in [0.1, 0.15) is 6.61 Å². The van der Waals surface area contributed by atoms with Crippen LogP contribution in [0.3, 0.4) is 0 Å². The summed E-state index contributed by atoms with van der Waals surface area (Å²) < 4.78 is 20.7. The van der Waals surface area contributed by atoms with Crippen molar-refractivity contribution >= 4 is 16.9 Å². The minimum atomic E-state index is -1.30. The summed E-state index contributed by atoms with van der Waals surface area (Å²) in [6.07, 6.45) is 1.63. The quantitative estimate of drug-likeness (QED) is 0.692. The Morgan fingerprint density at radius 2 is 2.29 bits per heavy atom. The van der Waals surface area contributed by atoms with Gasteiger partial charge in [-0.05, 0) is 12.1 Å². The van der Waals surface area contributed by atoms with Crippen molar-refractivity contribution in [2.45, 2.75) is 4.90 Å². The number of hydrogen-bond donors (Lipinski definition) is 0. The lowest BCUT2D eigenvalue weighted by atomic mass is 10.2. The normalized spacial score (nSPS) is 18.6. The van der Waals surface area contributed by atoms with Crippen LogP contribution in [-0.4, -0.2) is 16.7 Å². The van der Waals surface area contributed by atoms with Crippen LogP contribution in [0, 0.1) is 0 Å². The Kier molecular flexibility index (Phi) is 2.45. The molecule has 1 heterocycles. The Labute approximate surface area is 84.7 Å². The van der Waals surface area contributed by atoms with Gasteiger partial charge in [0.2, 0.25) is 5.90 Å². The van der Waals surface area contributed by atoms with Gasteiger partial charge in [-0.3, -0.25) is 0 Å². The third-order valence-corrected chi connectivity index (χ3v) is 2.87. The van der Waals surface area contributed by atoms with Gasteiger partial charge in [0.25, 0.3) is 0 Å². The second kappa shape index (κ2) is 3.75. The maximum absolute atomic E-state index is 11.5. The lowest BCUT2D eigenvalue weighted by molar-refractivity contribution is 0.353. The first kappa shape index (κ1) is 9.15. The summed E-state index contributed by atoms with van der Waals surface area (Å²) in [5, 5.41) is 0. The van der Waals surface area contributed by atoms with E-state index in [-0.39, 0.29) is 0 Å². The Bertz CT molecular complexity index is 426. The van der Waals surface area contributed by atoms with Crippen molar-refractivity contribution in [2.75, 3.05) is 6.61 Å². The highest BCUT2D eigenvalue weighted by molar-refractivity contribution is 7.84. The van der Waals surface area contributed by atoms with Gasteiger partial charge in [-0.1, -0.05) is 24.8 Å². The SMILES string of the molecule is C=CCOC1=NS(=O)c2ccccc21. The molecule has 3 nitrogen and oxygen atoms in total. The fraction of sp³-hybridized carbons (Fsp3) is 0.100. The fourth-order valence-electron chi connectivity index (χ4n) is 1.21. The fourth-order valence-corrected chi connectivity index (χ4v) is 2.15. The number of rotatable bonds is 2. The summed E-state index contributed by atoms with van der Waals surface area (Å²) in [4.78, 5) is 0.714. The zero-order valence-electron chi connectivity index (χ0n) is 7.47. The molecule has 1 aromatic rings. The van der Waals surface area contributed by atoms with Crippen molar-refractivity contribution in [2.24, 2.45) is 4.40 Å². The molecule has 0 saturated heterocycles. The van der Waals surface area contributed by atoms with E-state index in [1.54, 1.807) is 12.1 Å². The zero-order chi connectivity index (χ0) is 9.97. The van der Waals surface area contributed by atoms with Gasteiger partial charge in [0, 0.05) is 0 Å². The van der Waals surface area contributed by atoms with Crippen molar-refractivity contribution < 1.29 is 8.95 Å². The predicted octanol–water partition coefficient (Wildman–Crippen LogP) is 1.67. The summed E-state index contributed by atoms with van der Waals surface area (Å²) in [5.74, 6) is 0.443. The Balaban J connectivity index is 2.34. The third kappa shape index (κ3) is 1.48. The van der Waals surface area contributed by atoms with Gasteiger partial charge in [-0.15, -0.1) is 4.40 Å². The summed E-state index contributed by atoms with van der Waals surface area (Å²) in [6, 6.07) is 7.35. The van der Waals surface area contributed by atoms with Crippen LogP contribution in [0.2, 0.25) is 0 Å². The molecule has 0 aliphatic carbocycles. The topological polar surface area (TPSA) is 38.7 Å². The maximum atomic E-state index is 11.5. The van der Waals surface area contributed by atoms with E-state index in [1.807, 2.05) is 18.2 Å². The number of ether oxygens (including phenoxy) is 1. The second-order valence-corrected chi connectivity index (χ2v) is 3.86. The van der Waals surface area contributed by atoms with Gasteiger partial charge in [0.05, 0.1) is 10.5 Å². The number of fused-ring (bicyclic) bond motifs is 1. The first-order valence-electron chi connectivity index (χ1n) is 4.16. The van der Waals surface area contributed by atoms with Crippen molar-refractivity contribution in [3.05, 3.63) is 42.5 Å². The average molecular weight is 207 g/mol. The largest absolute Gasteiger partial charge is 0.473 e. The Morgan fingerprint density at radius 3 is 3.07 bits per heavy atom. The minimum absolute atomic E-state index is 0.379. The molecule has 2 rings (SSSR count). The van der Waals surface area contributed by atoms with E-state index in [2.05, 4.69) is 11.0 Å². The molecular formula is C10H9NO2S. The Morgan fingerprint density at radius 1 is 1.50 bits per heavy atom. The maximum Gasteiger partial charge on any atom is 0.231 e. The first-order chi connectivity index (χ1) is 6.83. The van der Waals surface area contributed by atoms with Crippen LogP contribution in [-0.2, 0) is 15.7 Å². The summed E-state index contributed by atoms with van der Waals surface area (Å²) in [6.45, 7) is 3.92. The molecule has 14 heavy (non-hydrogen) atoms. The standard InChI is InChI=1S/C10H9NO2S/c1-2-7-13-10-8-5-3-4-6-9(8)14(12)11-10/h2-6H,1,7H2. The molecule has 1 aromatic carbocycles. The molecule has 0 spiro atoms. The third-order valence-electron chi connectivity index (χ3n) is 1.81. The highest BCUT2D eigenvalue weighted by Crippen LogP contribution is 2.22. The van der Waals surface area contributed by atoms with Crippen LogP contribution in [0.15, 0.2) is 46.2 Å². The van der Waals surface area contributed by atoms with Crippen LogP contribution in [0.5, 0.6) is 0 Å². The van der Waals surface area contributed by atoms with E-state index in [0.717, 1.165) is 5.56 Å². The van der Waals surface area contributed by atoms with Gasteiger partial charge in [-0.25, -0.2) is 4.21 Å². The van der Waals surface area contributed by atoms with Crippen molar-refractivity contribution in [3.8, 4) is 0 Å². The lowest BCUT2D eigenvalue weighted by Gasteiger charge is -2.01. The van der Waals surface area contributed by atoms with E-state index in [9.17, 15) is 4.21 Å². The van der Waals surface area contributed by atoms with Crippen LogP contribution in [0.1, 0.15) is 5.56 Å². The van der Waals surface area contributed by atoms with Gasteiger partial charge < -0.3 is 4.74 Å². The summed E-state index contributed by atoms with van der Waals surface area (Å²) in [5.41, 5.74) is 0.813.